The van der Waals surface area contributed by atoms with Gasteiger partial charge in [-0.15, -0.1) is 0 Å². The number of carbonyl (C=O) groups is 2. The number of carbonyl (C=O) groups excluding carboxylic acids is 2. The van der Waals surface area contributed by atoms with Gasteiger partial charge in [-0.2, -0.15) is 18.3 Å². The molecule has 0 bridgehead atoms. The topological polar surface area (TPSA) is 119 Å². The molecule has 2 atom stereocenters. The van der Waals surface area contributed by atoms with E-state index in [2.05, 4.69) is 20.4 Å². The number of amides is 2. The van der Waals surface area contributed by atoms with Crippen molar-refractivity contribution in [3.8, 4) is 11.3 Å². The van der Waals surface area contributed by atoms with Crippen LogP contribution < -0.4 is 11.1 Å². The zero-order valence-electron chi connectivity index (χ0n) is 20.3. The quantitative estimate of drug-likeness (QED) is 0.476. The molecule has 3 N–H and O–H groups in total. The third kappa shape index (κ3) is 5.21. The fourth-order valence-corrected chi connectivity index (χ4v) is 5.07. The summed E-state index contributed by atoms with van der Waals surface area (Å²) in [6.07, 6.45) is -3.75. The number of likely N-dealkylation sites (tertiary alicyclic amines) is 1. The minimum absolute atomic E-state index is 0.00974. The minimum Gasteiger partial charge on any atom is -0.382 e. The van der Waals surface area contributed by atoms with Gasteiger partial charge >= 0.3 is 6.18 Å². The number of pyridine rings is 1. The van der Waals surface area contributed by atoms with E-state index in [0.29, 0.717) is 0 Å². The summed E-state index contributed by atoms with van der Waals surface area (Å²) in [5.41, 5.74) is 4.15. The van der Waals surface area contributed by atoms with Crippen molar-refractivity contribution in [1.29, 1.82) is 0 Å². The third-order valence-corrected chi connectivity index (χ3v) is 7.13. The van der Waals surface area contributed by atoms with Crippen LogP contribution in [0.5, 0.6) is 0 Å². The van der Waals surface area contributed by atoms with Gasteiger partial charge in [-0.25, -0.2) is 22.7 Å². The number of alkyl halides is 6. The number of nitrogens with zero attached hydrogens (tertiary/aromatic N) is 5. The molecule has 0 spiro atoms. The standard InChI is InChI=1S/C24H23F6N7O2/c25-16-9-36(22(39)12-1-3-23(26,27)4-2-12)10-17(16)35-21(38)14-5-13(7-32-8-14)18-6-15(24(28,29)30)19-20(31)33-11-34-37(18)19/h5-8,11-12,16-17H,1-4,9-10H2,(H,35,38)(H2,31,33,34)/t16-,17+/m0/s1. The van der Waals surface area contributed by atoms with Crippen molar-refractivity contribution < 1.29 is 35.9 Å². The van der Waals surface area contributed by atoms with E-state index in [1.807, 2.05) is 0 Å². The summed E-state index contributed by atoms with van der Waals surface area (Å²) >= 11 is 0. The normalized spacial score (nSPS) is 21.8. The van der Waals surface area contributed by atoms with E-state index in [0.717, 1.165) is 23.1 Å². The molecule has 3 aromatic heterocycles. The van der Waals surface area contributed by atoms with Crippen LogP contribution in [-0.2, 0) is 11.0 Å². The molecular formula is C24H23F6N7O2. The fraction of sp³-hybridized carbons (Fsp3) is 0.458. The number of fused-ring (bicyclic) bond motifs is 1. The number of hydrogen-bond acceptors (Lipinski definition) is 6. The number of halogens is 6. The predicted octanol–water partition coefficient (Wildman–Crippen LogP) is 3.50. The molecule has 9 nitrogen and oxygen atoms in total. The lowest BCUT2D eigenvalue weighted by atomic mass is 9.86. The molecule has 1 saturated carbocycles. The number of aromatic nitrogens is 4. The van der Waals surface area contributed by atoms with Crippen molar-refractivity contribution in [3.63, 3.8) is 0 Å². The highest BCUT2D eigenvalue weighted by Gasteiger charge is 2.42. The molecule has 208 valence electrons. The van der Waals surface area contributed by atoms with Crippen LogP contribution in [0, 0.1) is 5.92 Å². The summed E-state index contributed by atoms with van der Waals surface area (Å²) in [5.74, 6) is -4.99. The lowest BCUT2D eigenvalue weighted by molar-refractivity contribution is -0.139. The Labute approximate surface area is 217 Å². The Bertz CT molecular complexity index is 1420. The first-order valence-electron chi connectivity index (χ1n) is 12.1. The van der Waals surface area contributed by atoms with E-state index in [1.54, 1.807) is 0 Å². The van der Waals surface area contributed by atoms with Crippen molar-refractivity contribution >= 4 is 23.1 Å². The number of rotatable bonds is 4. The molecule has 2 aliphatic rings. The molecule has 39 heavy (non-hydrogen) atoms. The highest BCUT2D eigenvalue weighted by atomic mass is 19.4. The van der Waals surface area contributed by atoms with Gasteiger partial charge in [0.15, 0.2) is 5.82 Å². The van der Waals surface area contributed by atoms with Crippen LogP contribution in [0.1, 0.15) is 41.6 Å². The molecule has 15 heteroatoms. The Kier molecular flexibility index (Phi) is 6.63. The predicted molar refractivity (Wildman–Crippen MR) is 125 cm³/mol. The monoisotopic (exact) mass is 555 g/mol. The SMILES string of the molecule is Nc1ncnn2c(-c3cncc(C(=O)N[C@@H]4CN(C(=O)C5CCC(F)(F)CC5)C[C@@H]4F)c3)cc(C(F)(F)F)c12. The molecule has 1 aliphatic heterocycles. The van der Waals surface area contributed by atoms with Crippen molar-refractivity contribution in [2.75, 3.05) is 18.8 Å². The fourth-order valence-electron chi connectivity index (χ4n) is 5.07. The van der Waals surface area contributed by atoms with Gasteiger partial charge < -0.3 is 16.0 Å². The van der Waals surface area contributed by atoms with Crippen molar-refractivity contribution in [3.05, 3.63) is 42.0 Å². The molecule has 2 amide bonds. The smallest absolute Gasteiger partial charge is 0.382 e. The van der Waals surface area contributed by atoms with Gasteiger partial charge in [-0.05, 0) is 25.0 Å². The Morgan fingerprint density at radius 1 is 1.10 bits per heavy atom. The molecule has 0 aromatic carbocycles. The minimum atomic E-state index is -4.76. The summed E-state index contributed by atoms with van der Waals surface area (Å²) in [4.78, 5) is 34.5. The van der Waals surface area contributed by atoms with Gasteiger partial charge in [0.1, 0.15) is 18.0 Å². The highest BCUT2D eigenvalue weighted by Crippen LogP contribution is 2.39. The van der Waals surface area contributed by atoms with Crippen LogP contribution in [0.2, 0.25) is 0 Å². The lowest BCUT2D eigenvalue weighted by Crippen LogP contribution is -2.43. The number of nitrogens with one attached hydrogen (secondary N) is 1. The van der Waals surface area contributed by atoms with E-state index in [1.165, 1.54) is 17.2 Å². The van der Waals surface area contributed by atoms with Gasteiger partial charge in [0, 0.05) is 43.3 Å². The van der Waals surface area contributed by atoms with Crippen LogP contribution in [0.25, 0.3) is 16.8 Å². The van der Waals surface area contributed by atoms with Gasteiger partial charge in [-0.3, -0.25) is 14.6 Å². The number of hydrogen-bond donors (Lipinski definition) is 2. The first-order valence-corrected chi connectivity index (χ1v) is 12.1. The van der Waals surface area contributed by atoms with E-state index < -0.39 is 66.0 Å². The molecule has 0 radical (unpaired) electrons. The Balaban J connectivity index is 1.32. The molecule has 4 heterocycles. The van der Waals surface area contributed by atoms with Crippen molar-refractivity contribution in [2.45, 2.75) is 50.0 Å². The van der Waals surface area contributed by atoms with Gasteiger partial charge in [0.2, 0.25) is 11.8 Å². The molecular weight excluding hydrogens is 532 g/mol. The largest absolute Gasteiger partial charge is 0.418 e. The van der Waals surface area contributed by atoms with Crippen LogP contribution >= 0.6 is 0 Å². The Hall–Kier alpha value is -3.91. The van der Waals surface area contributed by atoms with E-state index in [4.69, 9.17) is 5.73 Å². The first-order chi connectivity index (χ1) is 18.3. The summed E-state index contributed by atoms with van der Waals surface area (Å²) in [7, 11) is 0. The van der Waals surface area contributed by atoms with E-state index in [-0.39, 0.29) is 48.6 Å². The number of nitrogens with two attached hydrogens (primary N) is 1. The first kappa shape index (κ1) is 26.7. The summed E-state index contributed by atoms with van der Waals surface area (Å²) in [6.45, 7) is -0.424. The lowest BCUT2D eigenvalue weighted by Gasteiger charge is -2.30. The number of anilines is 1. The average Bonchev–Trinajstić information content (AvgIpc) is 3.45. The highest BCUT2D eigenvalue weighted by molar-refractivity contribution is 5.95. The van der Waals surface area contributed by atoms with Gasteiger partial charge in [0.25, 0.3) is 5.91 Å². The maximum Gasteiger partial charge on any atom is 0.418 e. The molecule has 2 fully saturated rings. The maximum absolute atomic E-state index is 14.8. The second-order valence-electron chi connectivity index (χ2n) is 9.78. The zero-order chi connectivity index (χ0) is 28.1. The molecule has 0 unspecified atom stereocenters. The second-order valence-corrected chi connectivity index (χ2v) is 9.78. The van der Waals surface area contributed by atoms with Gasteiger partial charge in [-0.1, -0.05) is 0 Å². The van der Waals surface area contributed by atoms with Crippen molar-refractivity contribution in [2.24, 2.45) is 5.92 Å². The van der Waals surface area contributed by atoms with Crippen molar-refractivity contribution in [1.82, 2.24) is 29.8 Å². The molecule has 1 saturated heterocycles. The molecule has 1 aliphatic carbocycles. The van der Waals surface area contributed by atoms with Crippen LogP contribution in [0.15, 0.2) is 30.9 Å². The molecule has 3 aromatic rings. The Morgan fingerprint density at radius 2 is 1.82 bits per heavy atom. The summed E-state index contributed by atoms with van der Waals surface area (Å²) < 4.78 is 83.5. The summed E-state index contributed by atoms with van der Waals surface area (Å²) in [6, 6.07) is 1.03. The zero-order valence-corrected chi connectivity index (χ0v) is 20.3. The molecule has 5 rings (SSSR count). The average molecular weight is 555 g/mol. The Morgan fingerprint density at radius 3 is 2.51 bits per heavy atom. The van der Waals surface area contributed by atoms with Gasteiger partial charge in [0.05, 0.1) is 29.4 Å². The van der Waals surface area contributed by atoms with Crippen LogP contribution in [0.4, 0.5) is 32.2 Å². The van der Waals surface area contributed by atoms with E-state index >= 15 is 0 Å². The van der Waals surface area contributed by atoms with Crippen LogP contribution in [0.3, 0.4) is 0 Å². The third-order valence-electron chi connectivity index (χ3n) is 7.13. The second kappa shape index (κ2) is 9.68. The number of nitrogen functional groups attached to an aromatic ring is 1. The summed E-state index contributed by atoms with van der Waals surface area (Å²) in [5, 5.41) is 6.36. The van der Waals surface area contributed by atoms with Crippen LogP contribution in [-0.4, -0.2) is 67.5 Å². The maximum atomic E-state index is 14.8. The van der Waals surface area contributed by atoms with E-state index in [9.17, 15) is 35.9 Å².